The van der Waals surface area contributed by atoms with Crippen LogP contribution in [-0.2, 0) is 0 Å². The molecule has 1 amide bonds. The number of nitrogens with zero attached hydrogens (tertiary/aromatic N) is 1. The maximum atomic E-state index is 11.9. The number of carbonyl (C=O) groups is 1. The molecule has 2 aliphatic heterocycles. The Morgan fingerprint density at radius 3 is 3.00 bits per heavy atom. The minimum atomic E-state index is -0.0914. The monoisotopic (exact) mass is 239 g/mol. The van der Waals surface area contributed by atoms with Gasteiger partial charge in [0, 0.05) is 30.5 Å². The molecule has 5 heteroatoms. The Kier molecular flexibility index (Phi) is 2.41. The van der Waals surface area contributed by atoms with Crippen molar-refractivity contribution in [2.24, 2.45) is 0 Å². The minimum Gasteiger partial charge on any atom is -0.333 e. The van der Waals surface area contributed by atoms with Crippen molar-refractivity contribution in [2.75, 3.05) is 0 Å². The van der Waals surface area contributed by atoms with Crippen LogP contribution in [-0.4, -0.2) is 28.7 Å². The van der Waals surface area contributed by atoms with Crippen LogP contribution in [0, 0.1) is 0 Å². The molecule has 2 bridgehead atoms. The summed E-state index contributed by atoms with van der Waals surface area (Å²) in [6.45, 7) is 0. The fourth-order valence-corrected chi connectivity index (χ4v) is 2.88. The average Bonchev–Trinajstić information content (AvgIpc) is 2.92. The summed E-state index contributed by atoms with van der Waals surface area (Å²) in [4.78, 5) is 11.9. The SMILES string of the molecule is O=C(N[C@@H]1C[C@H]2CC[C@@H]1N2)n1ccc(Cl)c1. The number of nitrogens with one attached hydrogen (secondary N) is 2. The van der Waals surface area contributed by atoms with Crippen molar-refractivity contribution < 1.29 is 4.79 Å². The second kappa shape index (κ2) is 3.79. The molecular weight excluding hydrogens is 226 g/mol. The standard InChI is InChI=1S/C11H14ClN3O/c12-7-3-4-15(6-7)11(16)14-10-5-8-1-2-9(10)13-8/h3-4,6,8-10,13H,1-2,5H2,(H,14,16)/t8-,9+,10-/m1/s1. The highest BCUT2D eigenvalue weighted by atomic mass is 35.5. The topological polar surface area (TPSA) is 46.1 Å². The van der Waals surface area contributed by atoms with E-state index in [0.29, 0.717) is 17.1 Å². The van der Waals surface area contributed by atoms with Crippen molar-refractivity contribution in [3.63, 3.8) is 0 Å². The largest absolute Gasteiger partial charge is 0.333 e. The summed E-state index contributed by atoms with van der Waals surface area (Å²) in [6, 6.07) is 2.95. The Bertz CT molecular complexity index is 417. The zero-order valence-corrected chi connectivity index (χ0v) is 9.57. The van der Waals surface area contributed by atoms with Gasteiger partial charge in [-0.1, -0.05) is 11.6 Å². The molecule has 0 saturated carbocycles. The van der Waals surface area contributed by atoms with Crippen molar-refractivity contribution in [3.8, 4) is 0 Å². The van der Waals surface area contributed by atoms with Gasteiger partial charge in [-0.15, -0.1) is 0 Å². The third kappa shape index (κ3) is 1.72. The van der Waals surface area contributed by atoms with E-state index in [1.165, 1.54) is 17.4 Å². The van der Waals surface area contributed by atoms with Crippen LogP contribution in [0.15, 0.2) is 18.5 Å². The van der Waals surface area contributed by atoms with Crippen LogP contribution >= 0.6 is 11.6 Å². The van der Waals surface area contributed by atoms with Crippen LogP contribution in [0.1, 0.15) is 19.3 Å². The van der Waals surface area contributed by atoms with Gasteiger partial charge in [0.25, 0.3) is 0 Å². The van der Waals surface area contributed by atoms with Crippen LogP contribution < -0.4 is 10.6 Å². The number of fused-ring (bicyclic) bond motifs is 2. The average molecular weight is 240 g/mol. The van der Waals surface area contributed by atoms with E-state index in [0.717, 1.165) is 6.42 Å². The zero-order chi connectivity index (χ0) is 11.1. The highest BCUT2D eigenvalue weighted by molar-refractivity contribution is 6.30. The third-order valence-electron chi connectivity index (χ3n) is 3.50. The molecule has 16 heavy (non-hydrogen) atoms. The first-order chi connectivity index (χ1) is 7.72. The highest BCUT2D eigenvalue weighted by Gasteiger charge is 2.39. The number of hydrogen-bond donors (Lipinski definition) is 2. The number of rotatable bonds is 1. The Morgan fingerprint density at radius 2 is 2.44 bits per heavy atom. The van der Waals surface area contributed by atoms with Gasteiger partial charge >= 0.3 is 6.03 Å². The Morgan fingerprint density at radius 1 is 1.56 bits per heavy atom. The number of hydrogen-bond acceptors (Lipinski definition) is 2. The van der Waals surface area contributed by atoms with Crippen LogP contribution in [0.4, 0.5) is 4.79 Å². The molecule has 2 fully saturated rings. The van der Waals surface area contributed by atoms with Gasteiger partial charge in [-0.25, -0.2) is 4.79 Å². The molecule has 1 aromatic heterocycles. The van der Waals surface area contributed by atoms with E-state index in [2.05, 4.69) is 10.6 Å². The van der Waals surface area contributed by atoms with E-state index in [9.17, 15) is 4.79 Å². The van der Waals surface area contributed by atoms with E-state index >= 15 is 0 Å². The maximum Gasteiger partial charge on any atom is 0.325 e. The lowest BCUT2D eigenvalue weighted by Crippen LogP contribution is -2.44. The fourth-order valence-electron chi connectivity index (χ4n) is 2.71. The van der Waals surface area contributed by atoms with Gasteiger partial charge in [0.2, 0.25) is 0 Å². The quantitative estimate of drug-likeness (QED) is 0.782. The summed E-state index contributed by atoms with van der Waals surface area (Å²) in [5.41, 5.74) is 0. The third-order valence-corrected chi connectivity index (χ3v) is 3.72. The molecular formula is C11H14ClN3O. The van der Waals surface area contributed by atoms with Gasteiger partial charge in [0.15, 0.2) is 0 Å². The van der Waals surface area contributed by atoms with Crippen molar-refractivity contribution in [1.82, 2.24) is 15.2 Å². The van der Waals surface area contributed by atoms with Crippen molar-refractivity contribution in [2.45, 2.75) is 37.4 Å². The molecule has 2 saturated heterocycles. The lowest BCUT2D eigenvalue weighted by atomic mass is 9.96. The Balaban J connectivity index is 1.65. The van der Waals surface area contributed by atoms with Gasteiger partial charge in [-0.3, -0.25) is 4.57 Å². The first-order valence-corrected chi connectivity index (χ1v) is 6.00. The summed E-state index contributed by atoms with van der Waals surface area (Å²) >= 11 is 5.77. The molecule has 2 N–H and O–H groups in total. The molecule has 0 radical (unpaired) electrons. The van der Waals surface area contributed by atoms with Crippen LogP contribution in [0.2, 0.25) is 5.02 Å². The first kappa shape index (κ1) is 10.2. The molecule has 3 atom stereocenters. The van der Waals surface area contributed by atoms with Crippen molar-refractivity contribution in [3.05, 3.63) is 23.5 Å². The summed E-state index contributed by atoms with van der Waals surface area (Å²) in [5.74, 6) is 0. The second-order valence-corrected chi connectivity index (χ2v) is 5.01. The molecule has 0 spiro atoms. The molecule has 0 aromatic carbocycles. The minimum absolute atomic E-state index is 0.0914. The molecule has 3 rings (SSSR count). The summed E-state index contributed by atoms with van der Waals surface area (Å²) < 4.78 is 1.49. The normalized spacial score (nSPS) is 31.9. The van der Waals surface area contributed by atoms with E-state index in [4.69, 9.17) is 11.6 Å². The zero-order valence-electron chi connectivity index (χ0n) is 8.82. The summed E-state index contributed by atoms with van der Waals surface area (Å²) in [5, 5.41) is 7.12. The molecule has 0 aliphatic carbocycles. The molecule has 2 aliphatic rings. The number of halogens is 1. The van der Waals surface area contributed by atoms with Crippen LogP contribution in [0.3, 0.4) is 0 Å². The Hall–Kier alpha value is -1.00. The van der Waals surface area contributed by atoms with E-state index < -0.39 is 0 Å². The predicted molar refractivity (Wildman–Crippen MR) is 61.7 cm³/mol. The number of aromatic nitrogens is 1. The van der Waals surface area contributed by atoms with Gasteiger partial charge in [-0.05, 0) is 25.3 Å². The van der Waals surface area contributed by atoms with Gasteiger partial charge in [-0.2, -0.15) is 0 Å². The maximum absolute atomic E-state index is 11.9. The van der Waals surface area contributed by atoms with Crippen LogP contribution in [0.5, 0.6) is 0 Å². The number of carbonyl (C=O) groups excluding carboxylic acids is 1. The first-order valence-electron chi connectivity index (χ1n) is 5.63. The summed E-state index contributed by atoms with van der Waals surface area (Å²) in [7, 11) is 0. The van der Waals surface area contributed by atoms with E-state index in [1.54, 1.807) is 18.5 Å². The van der Waals surface area contributed by atoms with Gasteiger partial charge < -0.3 is 10.6 Å². The highest BCUT2D eigenvalue weighted by Crippen LogP contribution is 2.28. The lowest BCUT2D eigenvalue weighted by molar-refractivity contribution is 0.236. The van der Waals surface area contributed by atoms with Crippen molar-refractivity contribution in [1.29, 1.82) is 0 Å². The smallest absolute Gasteiger partial charge is 0.325 e. The van der Waals surface area contributed by atoms with Gasteiger partial charge in [0.05, 0.1) is 5.02 Å². The Labute approximate surface area is 99.0 Å². The molecule has 1 aromatic rings. The molecule has 4 nitrogen and oxygen atoms in total. The summed E-state index contributed by atoms with van der Waals surface area (Å²) in [6.07, 6.45) is 6.76. The van der Waals surface area contributed by atoms with E-state index in [1.807, 2.05) is 0 Å². The molecule has 3 heterocycles. The molecule has 86 valence electrons. The van der Waals surface area contributed by atoms with E-state index in [-0.39, 0.29) is 12.1 Å². The lowest BCUT2D eigenvalue weighted by Gasteiger charge is -2.21. The van der Waals surface area contributed by atoms with Gasteiger partial charge in [0.1, 0.15) is 0 Å². The fraction of sp³-hybridized carbons (Fsp3) is 0.545. The molecule has 0 unspecified atom stereocenters. The number of amides is 1. The second-order valence-electron chi connectivity index (χ2n) is 4.58. The van der Waals surface area contributed by atoms with Crippen molar-refractivity contribution >= 4 is 17.6 Å². The van der Waals surface area contributed by atoms with Crippen LogP contribution in [0.25, 0.3) is 0 Å². The predicted octanol–water partition coefficient (Wildman–Crippen LogP) is 1.59.